The molecule has 7 heteroatoms. The van der Waals surface area contributed by atoms with Gasteiger partial charge in [0.2, 0.25) is 0 Å². The van der Waals surface area contributed by atoms with Crippen LogP contribution in [-0.4, -0.2) is 41.5 Å². The first kappa shape index (κ1) is 27.7. The molecular weight excluding hydrogens is 544 g/mol. The fourth-order valence-corrected chi connectivity index (χ4v) is 5.87. The van der Waals surface area contributed by atoms with E-state index in [9.17, 15) is 4.79 Å². The number of amidine groups is 1. The van der Waals surface area contributed by atoms with Crippen LogP contribution in [0.4, 0.5) is 5.69 Å². The maximum Gasteiger partial charge on any atom is 0.259 e. The fourth-order valence-electron chi connectivity index (χ4n) is 5.74. The molecule has 4 aromatic rings. The van der Waals surface area contributed by atoms with E-state index in [2.05, 4.69) is 23.1 Å². The maximum absolute atomic E-state index is 14.0. The van der Waals surface area contributed by atoms with Gasteiger partial charge in [-0.2, -0.15) is 0 Å². The summed E-state index contributed by atoms with van der Waals surface area (Å²) in [5, 5.41) is 18.7. The third-order valence-corrected chi connectivity index (χ3v) is 8.35. The Balaban J connectivity index is 1.32. The van der Waals surface area contributed by atoms with Gasteiger partial charge in [0.1, 0.15) is 11.9 Å². The second-order valence-electron chi connectivity index (χ2n) is 11.1. The predicted octanol–water partition coefficient (Wildman–Crippen LogP) is 7.81. The van der Waals surface area contributed by atoms with Crippen molar-refractivity contribution < 1.29 is 9.53 Å². The van der Waals surface area contributed by atoms with Crippen molar-refractivity contribution in [1.82, 2.24) is 4.90 Å². The molecule has 0 saturated carbocycles. The number of halogens is 1. The number of rotatable bonds is 6. The van der Waals surface area contributed by atoms with Gasteiger partial charge in [-0.3, -0.25) is 10.2 Å². The van der Waals surface area contributed by atoms with Crippen LogP contribution < -0.4 is 9.64 Å². The van der Waals surface area contributed by atoms with Gasteiger partial charge in [0, 0.05) is 47.8 Å². The Hall–Kier alpha value is -4.42. The summed E-state index contributed by atoms with van der Waals surface area (Å²) in [4.78, 5) is 17.9. The number of benzene rings is 4. The SMILES string of the molecule is CC(=N)c1ccc2ccc(CN3C(=O)/C(=C\c4ccc(Cl)cc4)c4cc(OC5CCN(C(C)=N)CC5)ccc43)cc2c1. The summed E-state index contributed by atoms with van der Waals surface area (Å²) in [6, 6.07) is 25.7. The van der Waals surface area contributed by atoms with Gasteiger partial charge >= 0.3 is 0 Å². The van der Waals surface area contributed by atoms with E-state index >= 15 is 0 Å². The smallest absolute Gasteiger partial charge is 0.259 e. The number of nitrogens with one attached hydrogen (secondary N) is 2. The van der Waals surface area contributed by atoms with Crippen molar-refractivity contribution in [3.05, 3.63) is 106 Å². The van der Waals surface area contributed by atoms with Gasteiger partial charge < -0.3 is 19.9 Å². The lowest BCUT2D eigenvalue weighted by atomic mass is 10.0. The molecule has 1 saturated heterocycles. The van der Waals surface area contributed by atoms with Crippen molar-refractivity contribution >= 4 is 57.2 Å². The highest BCUT2D eigenvalue weighted by molar-refractivity contribution is 6.36. The first-order chi connectivity index (χ1) is 20.2. The van der Waals surface area contributed by atoms with Crippen LogP contribution in [0.15, 0.2) is 78.9 Å². The molecule has 0 bridgehead atoms. The molecule has 4 aromatic carbocycles. The minimum absolute atomic E-state index is 0.0592. The molecule has 0 atom stereocenters. The van der Waals surface area contributed by atoms with E-state index in [4.69, 9.17) is 27.2 Å². The summed E-state index contributed by atoms with van der Waals surface area (Å²) in [5.74, 6) is 1.28. The van der Waals surface area contributed by atoms with Gasteiger partial charge in [-0.15, -0.1) is 0 Å². The summed E-state index contributed by atoms with van der Waals surface area (Å²) in [7, 11) is 0. The Bertz CT molecular complexity index is 1740. The summed E-state index contributed by atoms with van der Waals surface area (Å²) in [5.41, 5.74) is 5.65. The number of likely N-dealkylation sites (tertiary alicyclic amines) is 1. The van der Waals surface area contributed by atoms with Crippen LogP contribution in [0.5, 0.6) is 5.75 Å². The molecule has 6 nitrogen and oxygen atoms in total. The minimum Gasteiger partial charge on any atom is -0.490 e. The van der Waals surface area contributed by atoms with Crippen LogP contribution in [0.25, 0.3) is 22.4 Å². The lowest BCUT2D eigenvalue weighted by Crippen LogP contribution is -2.40. The van der Waals surface area contributed by atoms with Crippen molar-refractivity contribution in [2.45, 2.75) is 39.3 Å². The molecule has 6 rings (SSSR count). The zero-order valence-corrected chi connectivity index (χ0v) is 24.5. The number of anilines is 1. The predicted molar refractivity (Wildman–Crippen MR) is 172 cm³/mol. The standard InChI is InChI=1S/C35H33ClN4O2/c1-22(37)27-8-7-26-6-3-25(17-28(26)19-27)21-40-34-12-11-31(42-30-13-15-39(16-14-30)23(2)38)20-32(34)33(35(40)41)18-24-4-9-29(36)10-5-24/h3-12,17-20,30,37-38H,13-16,21H2,1-2H3/b33-18-,37-22?,38-23?. The number of ether oxygens (including phenoxy) is 1. The van der Waals surface area contributed by atoms with E-state index in [1.165, 1.54) is 0 Å². The molecule has 2 aliphatic rings. The van der Waals surface area contributed by atoms with Crippen LogP contribution in [0.1, 0.15) is 48.9 Å². The van der Waals surface area contributed by atoms with Crippen molar-refractivity contribution in [2.75, 3.05) is 18.0 Å². The van der Waals surface area contributed by atoms with E-state index in [0.717, 1.165) is 70.4 Å². The number of nitrogens with zero attached hydrogens (tertiary/aromatic N) is 2. The summed E-state index contributed by atoms with van der Waals surface area (Å²) in [6.45, 7) is 5.66. The van der Waals surface area contributed by atoms with Gasteiger partial charge in [-0.05, 0) is 89.9 Å². The number of carbonyl (C=O) groups excluding carboxylic acids is 1. The molecule has 0 radical (unpaired) electrons. The van der Waals surface area contributed by atoms with Crippen molar-refractivity contribution in [3.8, 4) is 5.75 Å². The van der Waals surface area contributed by atoms with E-state index in [1.54, 1.807) is 6.92 Å². The highest BCUT2D eigenvalue weighted by atomic mass is 35.5. The van der Waals surface area contributed by atoms with Crippen LogP contribution >= 0.6 is 11.6 Å². The van der Waals surface area contributed by atoms with Crippen LogP contribution in [0, 0.1) is 10.8 Å². The highest BCUT2D eigenvalue weighted by Crippen LogP contribution is 2.41. The number of hydrogen-bond donors (Lipinski definition) is 2. The summed E-state index contributed by atoms with van der Waals surface area (Å²) < 4.78 is 6.40. The Kier molecular flexibility index (Phi) is 7.56. The first-order valence-corrected chi connectivity index (χ1v) is 14.6. The Labute approximate surface area is 251 Å². The van der Waals surface area contributed by atoms with Crippen LogP contribution in [-0.2, 0) is 11.3 Å². The largest absolute Gasteiger partial charge is 0.490 e. The first-order valence-electron chi connectivity index (χ1n) is 14.2. The lowest BCUT2D eigenvalue weighted by molar-refractivity contribution is -0.113. The normalized spacial score (nSPS) is 16.3. The van der Waals surface area contributed by atoms with Crippen molar-refractivity contribution in [1.29, 1.82) is 10.8 Å². The molecule has 2 heterocycles. The molecule has 2 N–H and O–H groups in total. The zero-order valence-electron chi connectivity index (χ0n) is 23.8. The molecule has 0 spiro atoms. The number of fused-ring (bicyclic) bond motifs is 2. The molecule has 1 fully saturated rings. The second kappa shape index (κ2) is 11.5. The maximum atomic E-state index is 14.0. The van der Waals surface area contributed by atoms with E-state index in [0.29, 0.717) is 28.7 Å². The highest BCUT2D eigenvalue weighted by Gasteiger charge is 2.33. The third-order valence-electron chi connectivity index (χ3n) is 8.10. The second-order valence-corrected chi connectivity index (χ2v) is 11.5. The molecule has 2 aliphatic heterocycles. The van der Waals surface area contributed by atoms with Crippen LogP contribution in [0.3, 0.4) is 0 Å². The van der Waals surface area contributed by atoms with Crippen molar-refractivity contribution in [3.63, 3.8) is 0 Å². The summed E-state index contributed by atoms with van der Waals surface area (Å²) in [6.07, 6.45) is 3.70. The number of amides is 1. The van der Waals surface area contributed by atoms with Gasteiger partial charge in [0.15, 0.2) is 0 Å². The van der Waals surface area contributed by atoms with E-state index in [-0.39, 0.29) is 12.0 Å². The minimum atomic E-state index is -0.0592. The molecular formula is C35H33ClN4O2. The zero-order chi connectivity index (χ0) is 29.4. The number of hydrogen-bond acceptors (Lipinski definition) is 4. The number of piperidine rings is 1. The van der Waals surface area contributed by atoms with E-state index in [1.807, 2.05) is 78.6 Å². The molecule has 0 unspecified atom stereocenters. The topological polar surface area (TPSA) is 80.5 Å². The molecule has 0 aliphatic carbocycles. The molecule has 1 amide bonds. The Morgan fingerprint density at radius 1 is 0.929 bits per heavy atom. The van der Waals surface area contributed by atoms with Gasteiger partial charge in [0.05, 0.1) is 18.1 Å². The molecule has 212 valence electrons. The molecule has 42 heavy (non-hydrogen) atoms. The quantitative estimate of drug-likeness (QED) is 0.139. The monoisotopic (exact) mass is 576 g/mol. The Morgan fingerprint density at radius 2 is 1.67 bits per heavy atom. The molecule has 0 aromatic heterocycles. The van der Waals surface area contributed by atoms with Crippen LogP contribution in [0.2, 0.25) is 5.02 Å². The van der Waals surface area contributed by atoms with E-state index < -0.39 is 0 Å². The van der Waals surface area contributed by atoms with Gasteiger partial charge in [-0.1, -0.05) is 48.0 Å². The number of carbonyl (C=O) groups is 1. The lowest BCUT2D eigenvalue weighted by Gasteiger charge is -2.32. The van der Waals surface area contributed by atoms with Gasteiger partial charge in [-0.25, -0.2) is 0 Å². The van der Waals surface area contributed by atoms with Gasteiger partial charge in [0.25, 0.3) is 5.91 Å². The third kappa shape index (κ3) is 5.68. The average molecular weight is 577 g/mol. The van der Waals surface area contributed by atoms with Crippen molar-refractivity contribution in [2.24, 2.45) is 0 Å². The average Bonchev–Trinajstić information content (AvgIpc) is 3.23. The Morgan fingerprint density at radius 3 is 2.38 bits per heavy atom. The fraction of sp³-hybridized carbons (Fsp3) is 0.229. The summed E-state index contributed by atoms with van der Waals surface area (Å²) >= 11 is 6.12.